The normalized spacial score (nSPS) is 25.4. The molecule has 4 aliphatic carbocycles. The molecule has 2 aromatic rings. The van der Waals surface area contributed by atoms with Crippen molar-refractivity contribution in [2.45, 2.75) is 68.9 Å². The Morgan fingerprint density at radius 2 is 1.46 bits per heavy atom. The zero-order valence-electron chi connectivity index (χ0n) is 26.8. The first kappa shape index (κ1) is 38.6. The number of carbonyl (C=O) groups is 1. The Bertz CT molecular complexity index is 1400. The molecule has 2 aromatic carbocycles. The smallest absolute Gasteiger partial charge is 0.432 e. The molecule has 4 bridgehead atoms. The molecule has 8 nitrogen and oxygen atoms in total. The number of benzene rings is 2. The Hall–Kier alpha value is -2.20. The topological polar surface area (TPSA) is 111 Å². The second kappa shape index (κ2) is 16.7. The lowest BCUT2D eigenvalue weighted by atomic mass is 9.49. The third-order valence-electron chi connectivity index (χ3n) is 9.18. The third kappa shape index (κ3) is 9.95. The molecule has 0 radical (unpaired) electrons. The van der Waals surface area contributed by atoms with Gasteiger partial charge in [0.25, 0.3) is 6.10 Å². The lowest BCUT2D eigenvalue weighted by molar-refractivity contribution is -0.266. The van der Waals surface area contributed by atoms with Crippen molar-refractivity contribution in [2.24, 2.45) is 23.2 Å². The summed E-state index contributed by atoms with van der Waals surface area (Å²) in [6, 6.07) is 14.3. The number of hydrogen-bond donors (Lipinski definition) is 0. The third-order valence-corrected chi connectivity index (χ3v) is 11.3. The number of fused-ring (bicyclic) bond motifs is 1. The SMILES string of the molecule is C1CC[SH+]C1.COCCOCCOc1cccc2ccccc12.O=C(OC(C(F)(F)F)C(F)(F)S(=O)(=O)[O-])C12CC3CC(CC(C3)C1)C2. The van der Waals surface area contributed by atoms with Crippen molar-refractivity contribution in [1.82, 2.24) is 0 Å². The summed E-state index contributed by atoms with van der Waals surface area (Å²) in [4.78, 5) is 12.4. The lowest BCUT2D eigenvalue weighted by Crippen LogP contribution is -2.56. The van der Waals surface area contributed by atoms with Crippen LogP contribution < -0.4 is 4.74 Å². The fraction of sp³-hybridized carbons (Fsp3) is 0.667. The van der Waals surface area contributed by atoms with Gasteiger partial charge in [0.15, 0.2) is 10.1 Å². The van der Waals surface area contributed by atoms with E-state index in [0.717, 1.165) is 30.4 Å². The molecule has 270 valence electrons. The molecule has 4 saturated carbocycles. The summed E-state index contributed by atoms with van der Waals surface area (Å²) in [7, 11) is -5.00. The minimum Gasteiger partial charge on any atom is -0.743 e. The van der Waals surface area contributed by atoms with Gasteiger partial charge in [0.05, 0.1) is 25.2 Å². The fourth-order valence-electron chi connectivity index (χ4n) is 7.39. The molecule has 1 atom stereocenters. The first-order valence-electron chi connectivity index (χ1n) is 16.1. The quantitative estimate of drug-likeness (QED) is 0.0664. The highest BCUT2D eigenvalue weighted by Gasteiger charge is 2.65. The van der Waals surface area contributed by atoms with Crippen molar-refractivity contribution in [3.8, 4) is 5.75 Å². The van der Waals surface area contributed by atoms with Crippen LogP contribution in [0.2, 0.25) is 0 Å². The molecule has 0 amide bonds. The van der Waals surface area contributed by atoms with Gasteiger partial charge in [-0.15, -0.1) is 0 Å². The number of alkyl halides is 5. The Labute approximate surface area is 282 Å². The van der Waals surface area contributed by atoms with Crippen molar-refractivity contribution < 1.29 is 58.7 Å². The highest BCUT2D eigenvalue weighted by Crippen LogP contribution is 2.60. The Morgan fingerprint density at radius 1 is 0.896 bits per heavy atom. The van der Waals surface area contributed by atoms with Gasteiger partial charge in [0.1, 0.15) is 23.9 Å². The van der Waals surface area contributed by atoms with Gasteiger partial charge in [-0.3, -0.25) is 4.79 Å². The number of methoxy groups -OCH3 is 1. The van der Waals surface area contributed by atoms with E-state index in [0.29, 0.717) is 26.4 Å². The zero-order chi connectivity index (χ0) is 35.0. The van der Waals surface area contributed by atoms with Crippen molar-refractivity contribution in [3.05, 3.63) is 42.5 Å². The molecule has 1 heterocycles. The van der Waals surface area contributed by atoms with E-state index in [-0.39, 0.29) is 37.0 Å². The Balaban J connectivity index is 0.000000196. The molecule has 1 unspecified atom stereocenters. The van der Waals surface area contributed by atoms with Gasteiger partial charge in [0, 0.05) is 12.5 Å². The minimum atomic E-state index is -6.67. The summed E-state index contributed by atoms with van der Waals surface area (Å²) in [6.45, 7) is 2.36. The summed E-state index contributed by atoms with van der Waals surface area (Å²) in [5.74, 6) is 2.77. The Morgan fingerprint density at radius 3 is 1.98 bits per heavy atom. The first-order valence-corrected chi connectivity index (χ1v) is 18.7. The van der Waals surface area contributed by atoms with E-state index >= 15 is 0 Å². The zero-order valence-corrected chi connectivity index (χ0v) is 28.5. The van der Waals surface area contributed by atoms with E-state index in [9.17, 15) is 39.7 Å². The second-order valence-electron chi connectivity index (χ2n) is 12.8. The maximum absolute atomic E-state index is 13.5. The fourth-order valence-corrected chi connectivity index (χ4v) is 8.95. The number of hydrogen-bond acceptors (Lipinski definition) is 8. The molecule has 7 rings (SSSR count). The molecule has 1 saturated heterocycles. The molecule has 0 N–H and O–H groups in total. The van der Waals surface area contributed by atoms with E-state index in [1.54, 1.807) is 18.9 Å². The highest BCUT2D eigenvalue weighted by molar-refractivity contribution is 7.86. The van der Waals surface area contributed by atoms with Gasteiger partial charge in [-0.2, -0.15) is 22.0 Å². The number of esters is 1. The number of carbonyl (C=O) groups excluding carboxylic acids is 1. The van der Waals surface area contributed by atoms with E-state index in [4.69, 9.17) is 14.2 Å². The highest BCUT2D eigenvalue weighted by atomic mass is 32.2. The van der Waals surface area contributed by atoms with Crippen molar-refractivity contribution >= 4 is 38.6 Å². The van der Waals surface area contributed by atoms with Crippen LogP contribution in [0.1, 0.15) is 51.4 Å². The molecule has 15 heteroatoms. The lowest BCUT2D eigenvalue weighted by Gasteiger charge is -2.55. The number of halogens is 5. The Kier molecular flexibility index (Phi) is 13.4. The van der Waals surface area contributed by atoms with Crippen LogP contribution in [-0.2, 0) is 40.9 Å². The molecule has 5 aliphatic rings. The predicted molar refractivity (Wildman–Crippen MR) is 171 cm³/mol. The first-order chi connectivity index (χ1) is 22.7. The molecular weight excluding hydrogens is 683 g/mol. The van der Waals surface area contributed by atoms with Crippen LogP contribution in [0, 0.1) is 23.2 Å². The summed E-state index contributed by atoms with van der Waals surface area (Å²) in [5, 5.41) is -3.46. The number of rotatable bonds is 11. The second-order valence-corrected chi connectivity index (χ2v) is 15.6. The van der Waals surface area contributed by atoms with Crippen LogP contribution in [0.25, 0.3) is 10.8 Å². The van der Waals surface area contributed by atoms with Gasteiger partial charge < -0.3 is 23.5 Å². The van der Waals surface area contributed by atoms with E-state index in [1.165, 1.54) is 29.7 Å². The largest absolute Gasteiger partial charge is 0.743 e. The van der Waals surface area contributed by atoms with E-state index < -0.39 is 39.0 Å². The molecule has 5 fully saturated rings. The van der Waals surface area contributed by atoms with Gasteiger partial charge >= 0.3 is 17.4 Å². The monoisotopic (exact) mass is 726 g/mol. The van der Waals surface area contributed by atoms with Crippen molar-refractivity contribution in [1.29, 1.82) is 0 Å². The van der Waals surface area contributed by atoms with Crippen LogP contribution in [0.4, 0.5) is 22.0 Å². The van der Waals surface area contributed by atoms with Crippen molar-refractivity contribution in [3.63, 3.8) is 0 Å². The molecule has 0 aromatic heterocycles. The van der Waals surface area contributed by atoms with E-state index in [2.05, 4.69) is 22.9 Å². The number of thiol groups is 1. The summed E-state index contributed by atoms with van der Waals surface area (Å²) in [5.41, 5.74) is -1.29. The van der Waals surface area contributed by atoms with Crippen LogP contribution in [0.15, 0.2) is 42.5 Å². The average Bonchev–Trinajstić information content (AvgIpc) is 3.61. The maximum atomic E-state index is 13.5. The van der Waals surface area contributed by atoms with Gasteiger partial charge in [-0.25, -0.2) is 8.42 Å². The predicted octanol–water partition coefficient (Wildman–Crippen LogP) is 6.29. The molecular formula is C33H43F5O8S2. The summed E-state index contributed by atoms with van der Waals surface area (Å²) < 4.78 is 118. The average molecular weight is 727 g/mol. The van der Waals surface area contributed by atoms with Crippen molar-refractivity contribution in [2.75, 3.05) is 45.0 Å². The summed E-state index contributed by atoms with van der Waals surface area (Å²) >= 11 is 1.69. The summed E-state index contributed by atoms with van der Waals surface area (Å²) in [6.07, 6.45) is -3.93. The molecule has 1 aliphatic heterocycles. The number of ether oxygens (including phenoxy) is 4. The van der Waals surface area contributed by atoms with Gasteiger partial charge in [-0.1, -0.05) is 36.4 Å². The van der Waals surface area contributed by atoms with Gasteiger partial charge in [-0.05, 0) is 92.3 Å². The van der Waals surface area contributed by atoms with Crippen LogP contribution in [0.5, 0.6) is 5.75 Å². The standard InChI is InChI=1S/C15H18O3.C14H17F5O5S.C4H8S/c1-16-9-10-17-11-12-18-15-8-4-6-13-5-2-3-7-14(13)15;15-13(16,17)10(14(18,19)25(21,22)23)24-11(20)12-4-7-1-8(5-12)3-9(2-7)6-12;1-2-4-5-3-1/h2-8H,9-12H2,1H3;7-10H,1-6H2,(H,21,22,23);1-4H2. The molecule has 0 spiro atoms. The van der Waals surface area contributed by atoms with Crippen LogP contribution in [-0.4, -0.2) is 81.5 Å². The van der Waals surface area contributed by atoms with Crippen LogP contribution >= 0.6 is 0 Å². The van der Waals surface area contributed by atoms with Crippen LogP contribution in [0.3, 0.4) is 0 Å². The van der Waals surface area contributed by atoms with Gasteiger partial charge in [0.2, 0.25) is 0 Å². The molecule has 48 heavy (non-hydrogen) atoms. The minimum absolute atomic E-state index is 0.131. The maximum Gasteiger partial charge on any atom is 0.432 e. The van der Waals surface area contributed by atoms with E-state index in [1.807, 2.05) is 24.3 Å².